The van der Waals surface area contributed by atoms with Gasteiger partial charge in [0.25, 0.3) is 0 Å². The molecule has 2 unspecified atom stereocenters. The highest BCUT2D eigenvalue weighted by Crippen LogP contribution is 2.06. The maximum atomic E-state index is 5.14. The molecule has 0 aromatic rings. The van der Waals surface area contributed by atoms with E-state index in [4.69, 9.17) is 4.74 Å². The molecule has 0 aliphatic carbocycles. The molecule has 0 saturated carbocycles. The lowest BCUT2D eigenvalue weighted by Crippen LogP contribution is -2.51. The molecular weight excluding hydrogens is 164 g/mol. The maximum Gasteiger partial charge on any atom is 0.0500 e. The third-order valence-electron chi connectivity index (χ3n) is 2.64. The van der Waals surface area contributed by atoms with E-state index < -0.39 is 0 Å². The van der Waals surface area contributed by atoms with E-state index in [9.17, 15) is 0 Å². The minimum Gasteiger partial charge on any atom is -0.384 e. The van der Waals surface area contributed by atoms with Gasteiger partial charge in [0.1, 0.15) is 0 Å². The molecule has 0 amide bonds. The number of methoxy groups -OCH3 is 1. The maximum absolute atomic E-state index is 5.14. The Labute approximate surface area is 81.4 Å². The fourth-order valence-corrected chi connectivity index (χ4v) is 1.89. The largest absolute Gasteiger partial charge is 0.384 e. The summed E-state index contributed by atoms with van der Waals surface area (Å²) in [7, 11) is 1.78. The van der Waals surface area contributed by atoms with Crippen molar-refractivity contribution in [2.75, 3.05) is 39.9 Å². The molecule has 1 N–H and O–H groups in total. The molecule has 2 atom stereocenters. The second-order valence-corrected chi connectivity index (χ2v) is 4.11. The summed E-state index contributed by atoms with van der Waals surface area (Å²) in [5, 5.41) is 3.40. The molecule has 13 heavy (non-hydrogen) atoms. The van der Waals surface area contributed by atoms with Crippen molar-refractivity contribution < 1.29 is 4.74 Å². The van der Waals surface area contributed by atoms with E-state index in [2.05, 4.69) is 24.1 Å². The predicted octanol–water partition coefficient (Wildman–Crippen LogP) is 0.563. The molecule has 1 aliphatic rings. The number of nitrogens with one attached hydrogen (secondary N) is 1. The van der Waals surface area contributed by atoms with Crippen molar-refractivity contribution in [1.82, 2.24) is 10.2 Å². The molecule has 1 heterocycles. The average molecular weight is 186 g/mol. The second kappa shape index (κ2) is 5.58. The van der Waals surface area contributed by atoms with Crippen LogP contribution >= 0.6 is 0 Å². The predicted molar refractivity (Wildman–Crippen MR) is 54.9 cm³/mol. The van der Waals surface area contributed by atoms with Crippen LogP contribution in [0.3, 0.4) is 0 Å². The number of piperazine rings is 1. The minimum atomic E-state index is 0.644. The molecular formula is C10H22N2O. The number of rotatable bonds is 4. The molecule has 1 aliphatic heterocycles. The molecule has 3 heteroatoms. The second-order valence-electron chi connectivity index (χ2n) is 4.11. The van der Waals surface area contributed by atoms with E-state index in [1.54, 1.807) is 7.11 Å². The van der Waals surface area contributed by atoms with Crippen molar-refractivity contribution in [2.45, 2.75) is 19.9 Å². The van der Waals surface area contributed by atoms with E-state index in [-0.39, 0.29) is 0 Å². The molecule has 0 bridgehead atoms. The van der Waals surface area contributed by atoms with E-state index in [1.807, 2.05) is 0 Å². The van der Waals surface area contributed by atoms with Crippen LogP contribution in [0.1, 0.15) is 13.8 Å². The molecule has 0 radical (unpaired) electrons. The first-order valence-corrected chi connectivity index (χ1v) is 5.17. The van der Waals surface area contributed by atoms with E-state index in [0.29, 0.717) is 12.0 Å². The van der Waals surface area contributed by atoms with Crippen LogP contribution in [0.4, 0.5) is 0 Å². The molecule has 1 fully saturated rings. The lowest BCUT2D eigenvalue weighted by molar-refractivity contribution is 0.102. The van der Waals surface area contributed by atoms with Crippen LogP contribution in [0, 0.1) is 5.92 Å². The van der Waals surface area contributed by atoms with Crippen LogP contribution in [0.15, 0.2) is 0 Å². The monoisotopic (exact) mass is 186 g/mol. The Morgan fingerprint density at radius 1 is 1.62 bits per heavy atom. The third-order valence-corrected chi connectivity index (χ3v) is 2.64. The summed E-state index contributed by atoms with van der Waals surface area (Å²) < 4.78 is 5.14. The Morgan fingerprint density at radius 2 is 2.38 bits per heavy atom. The number of ether oxygens (including phenoxy) is 1. The van der Waals surface area contributed by atoms with Crippen molar-refractivity contribution in [2.24, 2.45) is 5.92 Å². The van der Waals surface area contributed by atoms with Crippen LogP contribution in [0.2, 0.25) is 0 Å². The van der Waals surface area contributed by atoms with Gasteiger partial charge >= 0.3 is 0 Å². The smallest absolute Gasteiger partial charge is 0.0500 e. The Balaban J connectivity index is 2.25. The lowest BCUT2D eigenvalue weighted by atomic mass is 10.1. The lowest BCUT2D eigenvalue weighted by Gasteiger charge is -2.35. The zero-order valence-corrected chi connectivity index (χ0v) is 9.05. The zero-order valence-electron chi connectivity index (χ0n) is 9.05. The van der Waals surface area contributed by atoms with E-state index in [0.717, 1.165) is 26.2 Å². The van der Waals surface area contributed by atoms with Gasteiger partial charge in [-0.1, -0.05) is 6.92 Å². The average Bonchev–Trinajstić information content (AvgIpc) is 2.09. The zero-order chi connectivity index (χ0) is 9.68. The first kappa shape index (κ1) is 11.0. The van der Waals surface area contributed by atoms with Gasteiger partial charge in [0.05, 0.1) is 0 Å². The van der Waals surface area contributed by atoms with Gasteiger partial charge in [0, 0.05) is 45.9 Å². The summed E-state index contributed by atoms with van der Waals surface area (Å²) >= 11 is 0. The Hall–Kier alpha value is -0.120. The summed E-state index contributed by atoms with van der Waals surface area (Å²) in [6, 6.07) is 0.674. The molecule has 0 aromatic heterocycles. The van der Waals surface area contributed by atoms with Gasteiger partial charge in [-0.15, -0.1) is 0 Å². The topological polar surface area (TPSA) is 24.5 Å². The number of hydrogen-bond donors (Lipinski definition) is 1. The summed E-state index contributed by atoms with van der Waals surface area (Å²) in [5.41, 5.74) is 0. The fourth-order valence-electron chi connectivity index (χ4n) is 1.89. The molecule has 0 spiro atoms. The summed E-state index contributed by atoms with van der Waals surface area (Å²) in [5.74, 6) is 0.644. The first-order valence-electron chi connectivity index (χ1n) is 5.17. The van der Waals surface area contributed by atoms with Crippen molar-refractivity contribution in [3.05, 3.63) is 0 Å². The van der Waals surface area contributed by atoms with Gasteiger partial charge in [-0.2, -0.15) is 0 Å². The van der Waals surface area contributed by atoms with Crippen LogP contribution < -0.4 is 5.32 Å². The Morgan fingerprint density at radius 3 is 3.00 bits per heavy atom. The van der Waals surface area contributed by atoms with Gasteiger partial charge in [-0.05, 0) is 12.8 Å². The highest BCUT2D eigenvalue weighted by atomic mass is 16.5. The molecule has 3 nitrogen and oxygen atoms in total. The molecule has 1 rings (SSSR count). The highest BCUT2D eigenvalue weighted by Gasteiger charge is 2.19. The normalized spacial score (nSPS) is 27.5. The molecule has 78 valence electrons. The third kappa shape index (κ3) is 3.63. The number of nitrogens with zero attached hydrogens (tertiary/aromatic N) is 1. The summed E-state index contributed by atoms with van der Waals surface area (Å²) in [6.07, 6.45) is 0. The van der Waals surface area contributed by atoms with Crippen LogP contribution in [0.5, 0.6) is 0 Å². The SMILES string of the molecule is COCC(C)CN1CCNCC1C. The fraction of sp³-hybridized carbons (Fsp3) is 1.00. The van der Waals surface area contributed by atoms with Crippen molar-refractivity contribution in [3.8, 4) is 0 Å². The number of hydrogen-bond acceptors (Lipinski definition) is 3. The van der Waals surface area contributed by atoms with Crippen LogP contribution in [0.25, 0.3) is 0 Å². The van der Waals surface area contributed by atoms with Gasteiger partial charge in [-0.3, -0.25) is 4.90 Å². The quantitative estimate of drug-likeness (QED) is 0.694. The molecule has 0 aromatic carbocycles. The molecule has 1 saturated heterocycles. The van der Waals surface area contributed by atoms with Gasteiger partial charge in [0.2, 0.25) is 0 Å². The van der Waals surface area contributed by atoms with E-state index in [1.165, 1.54) is 6.54 Å². The standard InChI is InChI=1S/C10H22N2O/c1-9(8-13-3)7-12-5-4-11-6-10(12)2/h9-11H,4-8H2,1-3H3. The Bertz CT molecular complexity index is 141. The van der Waals surface area contributed by atoms with E-state index >= 15 is 0 Å². The summed E-state index contributed by atoms with van der Waals surface area (Å²) in [6.45, 7) is 10.00. The van der Waals surface area contributed by atoms with Crippen molar-refractivity contribution >= 4 is 0 Å². The van der Waals surface area contributed by atoms with Crippen LogP contribution in [-0.2, 0) is 4.74 Å². The minimum absolute atomic E-state index is 0.644. The van der Waals surface area contributed by atoms with Gasteiger partial charge in [0.15, 0.2) is 0 Å². The highest BCUT2D eigenvalue weighted by molar-refractivity contribution is 4.77. The van der Waals surface area contributed by atoms with Gasteiger partial charge in [-0.25, -0.2) is 0 Å². The summed E-state index contributed by atoms with van der Waals surface area (Å²) in [4.78, 5) is 2.54. The van der Waals surface area contributed by atoms with Crippen LogP contribution in [-0.4, -0.2) is 50.8 Å². The van der Waals surface area contributed by atoms with Crippen molar-refractivity contribution in [1.29, 1.82) is 0 Å². The first-order chi connectivity index (χ1) is 6.24. The Kier molecular flexibility index (Phi) is 4.70. The van der Waals surface area contributed by atoms with Crippen molar-refractivity contribution in [3.63, 3.8) is 0 Å². The van der Waals surface area contributed by atoms with Gasteiger partial charge < -0.3 is 10.1 Å².